The molecule has 4 aromatic rings. The predicted octanol–water partition coefficient (Wildman–Crippen LogP) is 2.06. The van der Waals surface area contributed by atoms with E-state index in [-0.39, 0.29) is 17.0 Å². The Bertz CT molecular complexity index is 1300. The Morgan fingerprint density at radius 3 is 2.59 bits per heavy atom. The van der Waals surface area contributed by atoms with Gasteiger partial charge in [-0.15, -0.1) is 0 Å². The van der Waals surface area contributed by atoms with Crippen LogP contribution in [0.25, 0.3) is 11.2 Å². The summed E-state index contributed by atoms with van der Waals surface area (Å²) in [5, 5.41) is 4.14. The summed E-state index contributed by atoms with van der Waals surface area (Å²) >= 11 is 0. The lowest BCUT2D eigenvalue weighted by molar-refractivity contribution is 0.628. The number of H-pyrrole nitrogens is 1. The quantitative estimate of drug-likeness (QED) is 0.401. The van der Waals surface area contributed by atoms with Gasteiger partial charge in [0.2, 0.25) is 5.95 Å². The van der Waals surface area contributed by atoms with Crippen molar-refractivity contribution >= 4 is 23.3 Å². The average molecular weight is 392 g/mol. The Hall–Kier alpha value is -4.01. The van der Waals surface area contributed by atoms with Gasteiger partial charge in [-0.05, 0) is 23.3 Å². The molecule has 0 saturated heterocycles. The first-order valence-corrected chi connectivity index (χ1v) is 8.81. The highest BCUT2D eigenvalue weighted by molar-refractivity contribution is 5.80. The van der Waals surface area contributed by atoms with Crippen LogP contribution in [0.4, 0.5) is 10.3 Å². The summed E-state index contributed by atoms with van der Waals surface area (Å²) in [5.74, 6) is -0.0335. The van der Waals surface area contributed by atoms with E-state index in [4.69, 9.17) is 0 Å². The Balaban J connectivity index is 1.77. The van der Waals surface area contributed by atoms with Crippen molar-refractivity contribution < 1.29 is 4.39 Å². The molecular weight excluding hydrogens is 375 g/mol. The molecule has 0 aliphatic heterocycles. The second kappa shape index (κ2) is 7.55. The highest BCUT2D eigenvalue weighted by atomic mass is 19.1. The molecule has 0 aliphatic carbocycles. The molecule has 2 aromatic heterocycles. The smallest absolute Gasteiger partial charge is 0.298 e. The third-order valence-corrected chi connectivity index (χ3v) is 4.44. The van der Waals surface area contributed by atoms with Gasteiger partial charge >= 0.3 is 5.69 Å². The first-order chi connectivity index (χ1) is 14.0. The molecule has 2 N–H and O–H groups in total. The minimum Gasteiger partial charge on any atom is -0.298 e. The van der Waals surface area contributed by atoms with Gasteiger partial charge in [0, 0.05) is 7.05 Å². The van der Waals surface area contributed by atoms with E-state index in [1.807, 2.05) is 30.3 Å². The number of imidazole rings is 1. The van der Waals surface area contributed by atoms with Crippen LogP contribution in [0.3, 0.4) is 0 Å². The summed E-state index contributed by atoms with van der Waals surface area (Å²) in [4.78, 5) is 31.1. The average Bonchev–Trinajstić information content (AvgIpc) is 3.07. The number of fused-ring (bicyclic) bond motifs is 1. The molecule has 2 aromatic carbocycles. The van der Waals surface area contributed by atoms with Gasteiger partial charge in [-0.3, -0.25) is 18.9 Å². The number of hydrogen-bond acceptors (Lipinski definition) is 5. The number of benzene rings is 2. The summed E-state index contributed by atoms with van der Waals surface area (Å²) in [6, 6.07) is 15.4. The third-order valence-electron chi connectivity index (χ3n) is 4.44. The van der Waals surface area contributed by atoms with Gasteiger partial charge in [-0.25, -0.2) is 14.6 Å². The van der Waals surface area contributed by atoms with Crippen LogP contribution in [0.15, 0.2) is 69.3 Å². The maximum Gasteiger partial charge on any atom is 0.329 e. The van der Waals surface area contributed by atoms with Crippen molar-refractivity contribution in [2.24, 2.45) is 12.1 Å². The zero-order chi connectivity index (χ0) is 20.4. The number of hydrazone groups is 1. The maximum absolute atomic E-state index is 13.0. The van der Waals surface area contributed by atoms with Crippen molar-refractivity contribution in [1.82, 2.24) is 19.1 Å². The second-order valence-electron chi connectivity index (χ2n) is 6.42. The zero-order valence-corrected chi connectivity index (χ0v) is 15.5. The minimum atomic E-state index is -0.548. The lowest BCUT2D eigenvalue weighted by atomic mass is 10.2. The summed E-state index contributed by atoms with van der Waals surface area (Å²) in [6.45, 7) is 0.354. The molecule has 0 bridgehead atoms. The summed E-state index contributed by atoms with van der Waals surface area (Å²) in [6.07, 6.45) is 1.51. The van der Waals surface area contributed by atoms with Crippen LogP contribution < -0.4 is 16.7 Å². The number of halogens is 1. The zero-order valence-electron chi connectivity index (χ0n) is 15.5. The van der Waals surface area contributed by atoms with Crippen LogP contribution in [-0.4, -0.2) is 25.3 Å². The summed E-state index contributed by atoms with van der Waals surface area (Å²) in [7, 11) is 1.53. The normalized spacial score (nSPS) is 11.4. The summed E-state index contributed by atoms with van der Waals surface area (Å²) in [5.41, 5.74) is 3.89. The number of rotatable bonds is 5. The van der Waals surface area contributed by atoms with E-state index >= 15 is 0 Å². The van der Waals surface area contributed by atoms with E-state index in [0.29, 0.717) is 18.1 Å². The van der Waals surface area contributed by atoms with Crippen LogP contribution >= 0.6 is 0 Å². The van der Waals surface area contributed by atoms with Crippen molar-refractivity contribution in [2.75, 3.05) is 5.43 Å². The molecule has 4 rings (SSSR count). The van der Waals surface area contributed by atoms with Crippen molar-refractivity contribution in [3.05, 3.63) is 92.4 Å². The Morgan fingerprint density at radius 1 is 1.14 bits per heavy atom. The Morgan fingerprint density at radius 2 is 1.86 bits per heavy atom. The number of aromatic amines is 1. The van der Waals surface area contributed by atoms with E-state index in [1.54, 1.807) is 16.7 Å². The molecule has 0 saturated carbocycles. The summed E-state index contributed by atoms with van der Waals surface area (Å²) < 4.78 is 16.0. The van der Waals surface area contributed by atoms with E-state index < -0.39 is 11.2 Å². The molecule has 146 valence electrons. The standard InChI is InChI=1S/C20H17FN6O2/c1-26-17-16(18(28)24-20(26)29)27(12-14-5-3-2-4-6-14)19(23-17)25-22-11-13-7-9-15(21)10-8-13/h2-11H,12H2,1H3,(H,23,25)(H,24,28,29)/b22-11-. The topological polar surface area (TPSA) is 97.1 Å². The van der Waals surface area contributed by atoms with Gasteiger partial charge in [0.05, 0.1) is 12.8 Å². The van der Waals surface area contributed by atoms with Crippen molar-refractivity contribution in [3.63, 3.8) is 0 Å². The number of nitrogens with one attached hydrogen (secondary N) is 2. The molecule has 0 fully saturated rings. The van der Waals surface area contributed by atoms with Gasteiger partial charge in [-0.2, -0.15) is 10.1 Å². The monoisotopic (exact) mass is 392 g/mol. The van der Waals surface area contributed by atoms with Crippen molar-refractivity contribution in [3.8, 4) is 0 Å². The van der Waals surface area contributed by atoms with Gasteiger partial charge in [0.1, 0.15) is 5.82 Å². The van der Waals surface area contributed by atoms with Crippen LogP contribution in [0.2, 0.25) is 0 Å². The van der Waals surface area contributed by atoms with Gasteiger partial charge in [-0.1, -0.05) is 42.5 Å². The molecular formula is C20H17FN6O2. The second-order valence-corrected chi connectivity index (χ2v) is 6.42. The lowest BCUT2D eigenvalue weighted by Gasteiger charge is -2.08. The highest BCUT2D eigenvalue weighted by Crippen LogP contribution is 2.17. The SMILES string of the molecule is Cn1c(=O)[nH]c(=O)c2c1nc(N/N=C\c1ccc(F)cc1)n2Cc1ccccc1. The number of hydrogen-bond donors (Lipinski definition) is 2. The van der Waals surface area contributed by atoms with Crippen molar-refractivity contribution in [2.45, 2.75) is 6.54 Å². The fourth-order valence-corrected chi connectivity index (χ4v) is 2.95. The van der Waals surface area contributed by atoms with Gasteiger partial charge in [0.15, 0.2) is 11.2 Å². The molecule has 0 unspecified atom stereocenters. The number of aromatic nitrogens is 4. The van der Waals surface area contributed by atoms with Crippen LogP contribution in [-0.2, 0) is 13.6 Å². The lowest BCUT2D eigenvalue weighted by Crippen LogP contribution is -2.29. The predicted molar refractivity (Wildman–Crippen MR) is 109 cm³/mol. The fraction of sp³-hybridized carbons (Fsp3) is 0.100. The van der Waals surface area contributed by atoms with Crippen LogP contribution in [0.1, 0.15) is 11.1 Å². The number of anilines is 1. The largest absolute Gasteiger partial charge is 0.329 e. The number of nitrogens with zero attached hydrogens (tertiary/aromatic N) is 4. The molecule has 0 spiro atoms. The Labute approximate surface area is 164 Å². The molecule has 0 amide bonds. The maximum atomic E-state index is 13.0. The molecule has 0 atom stereocenters. The number of aryl methyl sites for hydroxylation is 1. The van der Waals surface area contributed by atoms with E-state index in [2.05, 4.69) is 20.5 Å². The molecule has 2 heterocycles. The molecule has 9 heteroatoms. The van der Waals surface area contributed by atoms with Gasteiger partial charge in [0.25, 0.3) is 5.56 Å². The molecule has 0 aliphatic rings. The van der Waals surface area contributed by atoms with Crippen molar-refractivity contribution in [1.29, 1.82) is 0 Å². The van der Waals surface area contributed by atoms with E-state index in [9.17, 15) is 14.0 Å². The minimum absolute atomic E-state index is 0.245. The van der Waals surface area contributed by atoms with Crippen LogP contribution in [0, 0.1) is 5.82 Å². The van der Waals surface area contributed by atoms with E-state index in [1.165, 1.54) is 30.0 Å². The third kappa shape index (κ3) is 3.70. The molecule has 29 heavy (non-hydrogen) atoms. The van der Waals surface area contributed by atoms with Gasteiger partial charge < -0.3 is 0 Å². The van der Waals surface area contributed by atoms with Crippen LogP contribution in [0.5, 0.6) is 0 Å². The van der Waals surface area contributed by atoms with E-state index in [0.717, 1.165) is 5.56 Å². The highest BCUT2D eigenvalue weighted by Gasteiger charge is 2.17. The first kappa shape index (κ1) is 18.4. The molecule has 8 nitrogen and oxygen atoms in total. The Kier molecular flexibility index (Phi) is 4.78. The molecule has 0 radical (unpaired) electrons. The fourth-order valence-electron chi connectivity index (χ4n) is 2.95. The first-order valence-electron chi connectivity index (χ1n) is 8.81.